The molecule has 1 aromatic rings. The maximum atomic E-state index is 11.8. The second kappa shape index (κ2) is 4.00. The van der Waals surface area contributed by atoms with E-state index in [4.69, 9.17) is 16.9 Å². The summed E-state index contributed by atoms with van der Waals surface area (Å²) in [4.78, 5) is 12.0. The van der Waals surface area contributed by atoms with Crippen molar-refractivity contribution in [3.8, 4) is 6.07 Å². The van der Waals surface area contributed by atoms with Gasteiger partial charge in [-0.2, -0.15) is 5.26 Å². The molecule has 1 heterocycles. The van der Waals surface area contributed by atoms with Crippen LogP contribution in [-0.4, -0.2) is 22.4 Å². The van der Waals surface area contributed by atoms with Crippen molar-refractivity contribution in [3.05, 3.63) is 30.3 Å². The number of rotatable bonds is 2. The van der Waals surface area contributed by atoms with Gasteiger partial charge in [0.05, 0.1) is 6.07 Å². The van der Waals surface area contributed by atoms with Crippen molar-refractivity contribution in [1.82, 2.24) is 0 Å². The van der Waals surface area contributed by atoms with E-state index in [0.717, 1.165) is 5.69 Å². The van der Waals surface area contributed by atoms with E-state index in [1.54, 1.807) is 4.90 Å². The van der Waals surface area contributed by atoms with Gasteiger partial charge in [0.25, 0.3) is 5.91 Å². The van der Waals surface area contributed by atoms with Crippen molar-refractivity contribution < 1.29 is 4.79 Å². The van der Waals surface area contributed by atoms with Gasteiger partial charge in [0.15, 0.2) is 0 Å². The number of benzene rings is 1. The zero-order valence-electron chi connectivity index (χ0n) is 8.55. The Morgan fingerprint density at radius 3 is 2.62 bits per heavy atom. The fourth-order valence-electron chi connectivity index (χ4n) is 1.71. The van der Waals surface area contributed by atoms with Gasteiger partial charge in [0, 0.05) is 5.69 Å². The van der Waals surface area contributed by atoms with Gasteiger partial charge in [0.1, 0.15) is 5.37 Å². The van der Waals surface area contributed by atoms with Crippen LogP contribution in [0.25, 0.3) is 0 Å². The molecular formula is C11H9ClN2OS. The van der Waals surface area contributed by atoms with Crippen molar-refractivity contribution in [1.29, 1.82) is 5.26 Å². The first-order valence-electron chi connectivity index (χ1n) is 4.67. The highest BCUT2D eigenvalue weighted by molar-refractivity contribution is 7.99. The molecule has 5 heteroatoms. The Morgan fingerprint density at radius 2 is 2.12 bits per heavy atom. The van der Waals surface area contributed by atoms with Crippen molar-refractivity contribution in [3.63, 3.8) is 0 Å². The Morgan fingerprint density at radius 1 is 1.50 bits per heavy atom. The fourth-order valence-corrected chi connectivity index (χ4v) is 3.07. The van der Waals surface area contributed by atoms with Gasteiger partial charge in [-0.15, -0.1) is 11.8 Å². The highest BCUT2D eigenvalue weighted by atomic mass is 35.5. The van der Waals surface area contributed by atoms with E-state index in [-0.39, 0.29) is 11.3 Å². The number of nitrogens with zero attached hydrogens (tertiary/aromatic N) is 2. The number of carbonyl (C=O) groups is 1. The molecule has 2 rings (SSSR count). The zero-order valence-corrected chi connectivity index (χ0v) is 10.1. The van der Waals surface area contributed by atoms with Crippen LogP contribution in [0.5, 0.6) is 0 Å². The van der Waals surface area contributed by atoms with Crippen molar-refractivity contribution in [2.75, 3.05) is 11.2 Å². The number of para-hydroxylation sites is 1. The van der Waals surface area contributed by atoms with Gasteiger partial charge >= 0.3 is 0 Å². The zero-order chi connectivity index (χ0) is 11.8. The first kappa shape index (κ1) is 11.3. The lowest BCUT2D eigenvalue weighted by Crippen LogP contribution is -2.69. The number of carbonyl (C=O) groups excluding carboxylic acids is 1. The van der Waals surface area contributed by atoms with E-state index in [0.29, 0.717) is 0 Å². The number of halogens is 1. The highest BCUT2D eigenvalue weighted by Gasteiger charge is 2.61. The minimum atomic E-state index is -1.41. The number of hydrogen-bond donors (Lipinski definition) is 0. The number of hydrogen-bond acceptors (Lipinski definition) is 3. The van der Waals surface area contributed by atoms with Gasteiger partial charge in [-0.1, -0.05) is 29.8 Å². The Labute approximate surface area is 103 Å². The molecule has 0 spiro atoms. The molecule has 1 amide bonds. The SMILES string of the molecule is CS[C@@H]1N(c2ccccc2)C(=O)[C@@]1(Cl)C#N. The third-order valence-electron chi connectivity index (χ3n) is 2.53. The molecule has 3 nitrogen and oxygen atoms in total. The first-order valence-corrected chi connectivity index (χ1v) is 6.33. The summed E-state index contributed by atoms with van der Waals surface area (Å²) in [5, 5.41) is 8.61. The van der Waals surface area contributed by atoms with Crippen molar-refractivity contribution in [2.24, 2.45) is 0 Å². The second-order valence-electron chi connectivity index (χ2n) is 3.42. The highest BCUT2D eigenvalue weighted by Crippen LogP contribution is 2.44. The van der Waals surface area contributed by atoms with Crippen LogP contribution < -0.4 is 4.90 Å². The molecule has 1 saturated heterocycles. The summed E-state index contributed by atoms with van der Waals surface area (Å²) in [5.41, 5.74) is 0.776. The van der Waals surface area contributed by atoms with Crippen LogP contribution in [0.15, 0.2) is 30.3 Å². The van der Waals surface area contributed by atoms with E-state index < -0.39 is 4.87 Å². The minimum Gasteiger partial charge on any atom is -0.294 e. The smallest absolute Gasteiger partial charge is 0.266 e. The number of alkyl halides is 1. The molecule has 1 aromatic carbocycles. The average Bonchev–Trinajstić information content (AvgIpc) is 2.34. The quantitative estimate of drug-likeness (QED) is 0.599. The van der Waals surface area contributed by atoms with Crippen LogP contribution in [0.4, 0.5) is 5.69 Å². The standard InChI is InChI=1S/C11H9ClN2OS/c1-16-10-11(12,7-13)9(15)14(10)8-5-3-2-4-6-8/h2-6,10H,1H3/t10-,11-/m0/s1. The predicted molar refractivity (Wildman–Crippen MR) is 65.4 cm³/mol. The Hall–Kier alpha value is -1.18. The van der Waals surface area contributed by atoms with Gasteiger partial charge in [-0.25, -0.2) is 0 Å². The Kier molecular flexibility index (Phi) is 2.83. The number of β-lactam (4-membered cyclic amide) rings is 1. The molecule has 2 atom stereocenters. The number of nitriles is 1. The molecule has 1 aliphatic rings. The largest absolute Gasteiger partial charge is 0.294 e. The summed E-state index contributed by atoms with van der Waals surface area (Å²) in [5.74, 6) is -0.345. The molecule has 0 unspecified atom stereocenters. The monoisotopic (exact) mass is 252 g/mol. The van der Waals surface area contributed by atoms with E-state index in [1.807, 2.05) is 42.7 Å². The summed E-state index contributed by atoms with van der Waals surface area (Å²) >= 11 is 7.38. The molecule has 1 aliphatic heterocycles. The number of anilines is 1. The number of amides is 1. The molecule has 0 aromatic heterocycles. The van der Waals surface area contributed by atoms with E-state index in [1.165, 1.54) is 11.8 Å². The van der Waals surface area contributed by atoms with Crippen LogP contribution in [0.3, 0.4) is 0 Å². The molecule has 0 N–H and O–H groups in total. The summed E-state index contributed by atoms with van der Waals surface area (Å²) in [6.45, 7) is 0. The van der Waals surface area contributed by atoms with E-state index >= 15 is 0 Å². The van der Waals surface area contributed by atoms with Gasteiger partial charge < -0.3 is 0 Å². The molecule has 1 fully saturated rings. The average molecular weight is 253 g/mol. The maximum Gasteiger partial charge on any atom is 0.266 e. The second-order valence-corrected chi connectivity index (χ2v) is 4.94. The molecule has 0 saturated carbocycles. The normalized spacial score (nSPS) is 28.4. The maximum absolute atomic E-state index is 11.8. The molecule has 16 heavy (non-hydrogen) atoms. The third-order valence-corrected chi connectivity index (χ3v) is 4.12. The molecule has 0 radical (unpaired) electrons. The van der Waals surface area contributed by atoms with Gasteiger partial charge in [-0.3, -0.25) is 9.69 Å². The van der Waals surface area contributed by atoms with Crippen LogP contribution >= 0.6 is 23.4 Å². The lowest BCUT2D eigenvalue weighted by Gasteiger charge is -2.47. The molecule has 0 aliphatic carbocycles. The summed E-state index contributed by atoms with van der Waals surface area (Å²) in [6, 6.07) is 11.1. The van der Waals surface area contributed by atoms with Crippen molar-refractivity contribution in [2.45, 2.75) is 10.2 Å². The van der Waals surface area contributed by atoms with Gasteiger partial charge in [0.2, 0.25) is 4.87 Å². The summed E-state index contributed by atoms with van der Waals surface area (Å²) in [7, 11) is 0. The Bertz CT molecular complexity index is 459. The number of thioether (sulfide) groups is 1. The third kappa shape index (κ3) is 1.40. The van der Waals surface area contributed by atoms with E-state index in [2.05, 4.69) is 0 Å². The molecule has 82 valence electrons. The minimum absolute atomic E-state index is 0.325. The van der Waals surface area contributed by atoms with Crippen LogP contribution in [-0.2, 0) is 4.79 Å². The Balaban J connectivity index is 2.34. The first-order chi connectivity index (χ1) is 7.65. The van der Waals surface area contributed by atoms with Crippen molar-refractivity contribution >= 4 is 35.0 Å². The fraction of sp³-hybridized carbons (Fsp3) is 0.273. The van der Waals surface area contributed by atoms with E-state index in [9.17, 15) is 4.79 Å². The van der Waals surface area contributed by atoms with Gasteiger partial charge in [-0.05, 0) is 18.4 Å². The topological polar surface area (TPSA) is 44.1 Å². The lowest BCUT2D eigenvalue weighted by atomic mass is 9.97. The summed E-state index contributed by atoms with van der Waals surface area (Å²) < 4.78 is 0. The molecular weight excluding hydrogens is 244 g/mol. The molecule has 0 bridgehead atoms. The van der Waals surface area contributed by atoms with Crippen LogP contribution in [0.1, 0.15) is 0 Å². The van der Waals surface area contributed by atoms with Crippen LogP contribution in [0.2, 0.25) is 0 Å². The summed E-state index contributed by atoms with van der Waals surface area (Å²) in [6.07, 6.45) is 1.83. The lowest BCUT2D eigenvalue weighted by molar-refractivity contribution is -0.124. The van der Waals surface area contributed by atoms with Crippen LogP contribution in [0, 0.1) is 11.3 Å². The predicted octanol–water partition coefficient (Wildman–Crippen LogP) is 2.22.